The zero-order valence-electron chi connectivity index (χ0n) is 24.7. The number of carbonyl (C=O) groups excluding carboxylic acids is 2. The predicted octanol–water partition coefficient (Wildman–Crippen LogP) is 5.92. The van der Waals surface area contributed by atoms with Crippen LogP contribution in [0.3, 0.4) is 0 Å². The van der Waals surface area contributed by atoms with Crippen LogP contribution in [0.5, 0.6) is 0 Å². The maximum absolute atomic E-state index is 13.3. The van der Waals surface area contributed by atoms with Gasteiger partial charge in [-0.1, -0.05) is 77.0 Å². The van der Waals surface area contributed by atoms with Crippen LogP contribution >= 0.6 is 11.3 Å². The Labute approximate surface area is 242 Å². The van der Waals surface area contributed by atoms with Crippen molar-refractivity contribution in [3.05, 3.63) is 63.2 Å². The van der Waals surface area contributed by atoms with Crippen LogP contribution in [0.1, 0.15) is 88.2 Å². The van der Waals surface area contributed by atoms with Crippen LogP contribution in [0.2, 0.25) is 0 Å². The number of rotatable bonds is 10. The number of aliphatic hydroxyl groups excluding tert-OH is 1. The van der Waals surface area contributed by atoms with Gasteiger partial charge in [-0.3, -0.25) is 9.59 Å². The standard InChI is InChI=1S/C31H41N5O3S/c1-8-10-17-35(18-11-9-2)30-33-26(31(4,5)6)25(40-30)19-23-21(3)24(20-32)29(39)36(28(23)38)34(7)27(37)22-15-13-12-14-16-22/h12-16,19,28,38H,8-11,17-18H2,1-7H3/b23-19-. The molecule has 1 aromatic carbocycles. The van der Waals surface area contributed by atoms with Crippen LogP contribution in [-0.4, -0.2) is 58.3 Å². The Kier molecular flexibility index (Phi) is 10.3. The van der Waals surface area contributed by atoms with Crippen molar-refractivity contribution in [2.75, 3.05) is 25.0 Å². The SMILES string of the molecule is CCCCN(CCCC)c1nc(C(C)(C)C)c(/C=C2/C(C)=C(C#N)C(=O)N(N(C)C(=O)c3ccccc3)C2O)s1. The van der Waals surface area contributed by atoms with Crippen molar-refractivity contribution in [2.24, 2.45) is 0 Å². The molecule has 0 aliphatic carbocycles. The lowest BCUT2D eigenvalue weighted by Crippen LogP contribution is -2.56. The number of nitrogens with zero attached hydrogens (tertiary/aromatic N) is 5. The summed E-state index contributed by atoms with van der Waals surface area (Å²) in [6, 6.07) is 10.5. The van der Waals surface area contributed by atoms with E-state index in [0.29, 0.717) is 16.7 Å². The molecule has 1 atom stereocenters. The molecular formula is C31H41N5O3S. The fourth-order valence-electron chi connectivity index (χ4n) is 4.57. The molecule has 0 fully saturated rings. The van der Waals surface area contributed by atoms with Crippen LogP contribution in [0, 0.1) is 11.3 Å². The zero-order valence-corrected chi connectivity index (χ0v) is 25.5. The molecule has 214 valence electrons. The molecule has 8 nitrogen and oxygen atoms in total. The van der Waals surface area contributed by atoms with E-state index in [2.05, 4.69) is 39.5 Å². The van der Waals surface area contributed by atoms with Crippen molar-refractivity contribution < 1.29 is 14.7 Å². The van der Waals surface area contributed by atoms with Gasteiger partial charge in [0.25, 0.3) is 11.8 Å². The maximum atomic E-state index is 13.3. The molecule has 2 amide bonds. The summed E-state index contributed by atoms with van der Waals surface area (Å²) in [5, 5.41) is 24.4. The third kappa shape index (κ3) is 6.62. The van der Waals surface area contributed by atoms with E-state index in [0.717, 1.165) is 64.5 Å². The van der Waals surface area contributed by atoms with E-state index in [1.165, 1.54) is 7.05 Å². The van der Waals surface area contributed by atoms with Crippen LogP contribution in [0.15, 0.2) is 47.1 Å². The van der Waals surface area contributed by atoms with Gasteiger partial charge in [0, 0.05) is 36.7 Å². The lowest BCUT2D eigenvalue weighted by Gasteiger charge is -2.39. The Morgan fingerprint density at radius 3 is 2.30 bits per heavy atom. The highest BCUT2D eigenvalue weighted by atomic mass is 32.1. The van der Waals surface area contributed by atoms with Crippen LogP contribution < -0.4 is 4.90 Å². The lowest BCUT2D eigenvalue weighted by atomic mass is 9.89. The number of carbonyl (C=O) groups is 2. The minimum atomic E-state index is -1.46. The molecule has 3 rings (SSSR count). The van der Waals surface area contributed by atoms with Crippen molar-refractivity contribution in [3.63, 3.8) is 0 Å². The summed E-state index contributed by atoms with van der Waals surface area (Å²) in [7, 11) is 1.43. The normalized spacial score (nSPS) is 16.9. The smallest absolute Gasteiger partial charge is 0.286 e. The van der Waals surface area contributed by atoms with Crippen LogP contribution in [0.25, 0.3) is 6.08 Å². The number of hydrogen-bond donors (Lipinski definition) is 1. The summed E-state index contributed by atoms with van der Waals surface area (Å²) in [5.41, 5.74) is 1.63. The third-order valence-corrected chi connectivity index (χ3v) is 8.03. The van der Waals surface area contributed by atoms with Gasteiger partial charge in [0.15, 0.2) is 11.4 Å². The molecule has 0 radical (unpaired) electrons. The molecule has 1 N–H and O–H groups in total. The highest BCUT2D eigenvalue weighted by Gasteiger charge is 2.40. The monoisotopic (exact) mass is 563 g/mol. The number of hydrogen-bond acceptors (Lipinski definition) is 7. The Morgan fingerprint density at radius 2 is 1.77 bits per heavy atom. The van der Waals surface area contributed by atoms with Gasteiger partial charge in [-0.05, 0) is 43.5 Å². The Bertz CT molecular complexity index is 1310. The third-order valence-electron chi connectivity index (χ3n) is 6.96. The summed E-state index contributed by atoms with van der Waals surface area (Å²) < 4.78 is 0. The Balaban J connectivity index is 2.12. The van der Waals surface area contributed by atoms with Crippen molar-refractivity contribution in [2.45, 2.75) is 78.9 Å². The number of aliphatic hydroxyl groups is 1. The molecule has 1 unspecified atom stereocenters. The molecule has 2 heterocycles. The van der Waals surface area contributed by atoms with E-state index in [4.69, 9.17) is 4.98 Å². The highest BCUT2D eigenvalue weighted by Crippen LogP contribution is 2.38. The van der Waals surface area contributed by atoms with E-state index >= 15 is 0 Å². The Morgan fingerprint density at radius 1 is 1.18 bits per heavy atom. The first-order valence-electron chi connectivity index (χ1n) is 13.9. The topological polar surface area (TPSA) is 101 Å². The van der Waals surface area contributed by atoms with E-state index in [9.17, 15) is 20.0 Å². The first-order valence-corrected chi connectivity index (χ1v) is 14.7. The molecule has 9 heteroatoms. The number of thiazole rings is 1. The van der Waals surface area contributed by atoms with Gasteiger partial charge in [-0.15, -0.1) is 0 Å². The molecule has 0 saturated carbocycles. The summed E-state index contributed by atoms with van der Waals surface area (Å²) in [5.74, 6) is -1.19. The zero-order chi connectivity index (χ0) is 29.6. The first-order chi connectivity index (χ1) is 19.0. The molecule has 1 aromatic heterocycles. The molecule has 0 saturated heterocycles. The van der Waals surface area contributed by atoms with Crippen LogP contribution in [-0.2, 0) is 10.2 Å². The van der Waals surface area contributed by atoms with E-state index < -0.39 is 18.0 Å². The van der Waals surface area contributed by atoms with Crippen molar-refractivity contribution in [3.8, 4) is 6.07 Å². The van der Waals surface area contributed by atoms with Gasteiger partial charge >= 0.3 is 0 Å². The molecule has 0 spiro atoms. The first kappa shape index (κ1) is 31.1. The number of amides is 2. The fourth-order valence-corrected chi connectivity index (χ4v) is 5.85. The molecule has 1 aliphatic rings. The number of anilines is 1. The van der Waals surface area contributed by atoms with Gasteiger partial charge in [-0.2, -0.15) is 5.26 Å². The number of unbranched alkanes of at least 4 members (excludes halogenated alkanes) is 2. The quantitative estimate of drug-likeness (QED) is 0.385. The van der Waals surface area contributed by atoms with Gasteiger partial charge < -0.3 is 10.0 Å². The number of aromatic nitrogens is 1. The number of benzene rings is 1. The molecule has 1 aliphatic heterocycles. The minimum absolute atomic E-state index is 0.112. The van der Waals surface area contributed by atoms with Gasteiger partial charge in [-0.25, -0.2) is 15.0 Å². The van der Waals surface area contributed by atoms with Gasteiger partial charge in [0.2, 0.25) is 0 Å². The minimum Gasteiger partial charge on any atom is -0.368 e. The van der Waals surface area contributed by atoms with Gasteiger partial charge in [0.05, 0.1) is 10.6 Å². The average molecular weight is 564 g/mol. The highest BCUT2D eigenvalue weighted by molar-refractivity contribution is 7.16. The van der Waals surface area contributed by atoms with Gasteiger partial charge in [0.1, 0.15) is 11.6 Å². The molecule has 0 bridgehead atoms. The van der Waals surface area contributed by atoms with Crippen molar-refractivity contribution in [1.82, 2.24) is 15.0 Å². The number of hydrazine groups is 1. The van der Waals surface area contributed by atoms with E-state index in [-0.39, 0.29) is 11.0 Å². The number of nitriles is 1. The second-order valence-electron chi connectivity index (χ2n) is 11.1. The summed E-state index contributed by atoms with van der Waals surface area (Å²) in [4.78, 5) is 34.8. The molecule has 40 heavy (non-hydrogen) atoms. The average Bonchev–Trinajstić information content (AvgIpc) is 3.36. The van der Waals surface area contributed by atoms with Crippen LogP contribution in [0.4, 0.5) is 5.13 Å². The largest absolute Gasteiger partial charge is 0.368 e. The second-order valence-corrected chi connectivity index (χ2v) is 12.1. The summed E-state index contributed by atoms with van der Waals surface area (Å²) >= 11 is 1.55. The fraction of sp³-hybridized carbons (Fsp3) is 0.484. The lowest BCUT2D eigenvalue weighted by molar-refractivity contribution is -0.155. The predicted molar refractivity (Wildman–Crippen MR) is 161 cm³/mol. The molecular weight excluding hydrogens is 522 g/mol. The second kappa shape index (κ2) is 13.2. The summed E-state index contributed by atoms with van der Waals surface area (Å²) in [6.07, 6.45) is 4.67. The van der Waals surface area contributed by atoms with Crippen molar-refractivity contribution >= 4 is 34.4 Å². The van der Waals surface area contributed by atoms with Crippen molar-refractivity contribution in [1.29, 1.82) is 5.26 Å². The maximum Gasteiger partial charge on any atom is 0.286 e. The summed E-state index contributed by atoms with van der Waals surface area (Å²) in [6.45, 7) is 14.1. The van der Waals surface area contributed by atoms with E-state index in [1.54, 1.807) is 48.6 Å². The molecule has 2 aromatic rings. The van der Waals surface area contributed by atoms with E-state index in [1.807, 2.05) is 12.1 Å². The Hall–Kier alpha value is -3.48.